The molecule has 0 bridgehead atoms. The highest BCUT2D eigenvalue weighted by molar-refractivity contribution is 5.78. The first-order valence-corrected chi connectivity index (χ1v) is 16.9. The number of aliphatic carboxylic acids is 3. The van der Waals surface area contributed by atoms with Gasteiger partial charge in [0.1, 0.15) is 0 Å². The van der Waals surface area contributed by atoms with Gasteiger partial charge in [0.15, 0.2) is 18.1 Å². The number of nitrogens with zero attached hydrogens (tertiary/aromatic N) is 1. The van der Waals surface area contributed by atoms with E-state index in [0.717, 1.165) is 19.3 Å². The van der Waals surface area contributed by atoms with Crippen molar-refractivity contribution in [2.24, 2.45) is 0 Å². The molecule has 0 aliphatic rings. The van der Waals surface area contributed by atoms with E-state index in [-0.39, 0.29) is 25.8 Å². The van der Waals surface area contributed by atoms with Gasteiger partial charge in [-0.15, -0.1) is 0 Å². The predicted octanol–water partition coefficient (Wildman–Crippen LogP) is 8.99. The van der Waals surface area contributed by atoms with Crippen molar-refractivity contribution in [3.05, 3.63) is 12.2 Å². The Bertz CT molecular complexity index is 662. The molecule has 0 saturated carbocycles. The van der Waals surface area contributed by atoms with E-state index in [9.17, 15) is 29.7 Å². The Labute approximate surface area is 251 Å². The standard InChI is InChI=1S/C34H63NO6/c1-5-9-10-11-12-13-14-15-16-17-18-19-20-21-22-23-24-28-35(29(25-6-2)32(36)37,30(26-7-3)33(38)39)31(27-8-4)34(40)41/h23-24,29-31H,5-22,25-28H2,1-4H3,(H2-,36,37,38,39,40,41)/p+1/b24-23+. The molecule has 7 heteroatoms. The molecule has 0 aromatic heterocycles. The van der Waals surface area contributed by atoms with Gasteiger partial charge in [-0.1, -0.05) is 117 Å². The van der Waals surface area contributed by atoms with E-state index in [1.54, 1.807) is 0 Å². The minimum absolute atomic E-state index is 0.101. The van der Waals surface area contributed by atoms with Crippen molar-refractivity contribution in [3.8, 4) is 0 Å². The summed E-state index contributed by atoms with van der Waals surface area (Å²) in [6.45, 7) is 7.94. The van der Waals surface area contributed by atoms with Crippen LogP contribution in [0.5, 0.6) is 0 Å². The van der Waals surface area contributed by atoms with Crippen molar-refractivity contribution in [2.75, 3.05) is 6.54 Å². The van der Waals surface area contributed by atoms with Crippen LogP contribution in [0.2, 0.25) is 0 Å². The van der Waals surface area contributed by atoms with Crippen LogP contribution in [0.1, 0.15) is 163 Å². The van der Waals surface area contributed by atoms with Gasteiger partial charge in [0.25, 0.3) is 0 Å². The quantitative estimate of drug-likeness (QED) is 0.0461. The molecule has 7 nitrogen and oxygen atoms in total. The number of allylic oxidation sites excluding steroid dienone is 1. The maximum absolute atomic E-state index is 12.6. The molecule has 0 aromatic carbocycles. The summed E-state index contributed by atoms with van der Waals surface area (Å²) in [4.78, 5) is 37.7. The van der Waals surface area contributed by atoms with Crippen LogP contribution in [0.4, 0.5) is 0 Å². The fourth-order valence-corrected chi connectivity index (χ4v) is 6.39. The molecule has 41 heavy (non-hydrogen) atoms. The number of quaternary nitrogens is 1. The number of carbonyl (C=O) groups is 3. The zero-order valence-electron chi connectivity index (χ0n) is 27.0. The summed E-state index contributed by atoms with van der Waals surface area (Å²) in [7, 11) is 0. The highest BCUT2D eigenvalue weighted by Gasteiger charge is 2.56. The minimum atomic E-state index is -1.11. The Morgan fingerprint density at radius 3 is 1.10 bits per heavy atom. The highest BCUT2D eigenvalue weighted by Crippen LogP contribution is 2.33. The van der Waals surface area contributed by atoms with Gasteiger partial charge in [-0.3, -0.25) is 4.48 Å². The van der Waals surface area contributed by atoms with E-state index < -0.39 is 40.5 Å². The van der Waals surface area contributed by atoms with Crippen molar-refractivity contribution in [3.63, 3.8) is 0 Å². The average Bonchev–Trinajstić information content (AvgIpc) is 2.93. The summed E-state index contributed by atoms with van der Waals surface area (Å²) in [5.74, 6) is -3.34. The molecule has 3 atom stereocenters. The molecule has 0 heterocycles. The number of unbranched alkanes of at least 4 members (excludes halogenated alkanes) is 14. The van der Waals surface area contributed by atoms with E-state index in [1.165, 1.54) is 77.0 Å². The molecule has 0 aliphatic carbocycles. The third-order valence-electron chi connectivity index (χ3n) is 8.59. The molecule has 0 aromatic rings. The van der Waals surface area contributed by atoms with E-state index in [0.29, 0.717) is 19.3 Å². The Hall–Kier alpha value is -1.89. The Morgan fingerprint density at radius 1 is 0.488 bits per heavy atom. The molecule has 0 rings (SSSR count). The lowest BCUT2D eigenvalue weighted by Crippen LogP contribution is -2.72. The molecule has 0 saturated heterocycles. The third kappa shape index (κ3) is 15.2. The van der Waals surface area contributed by atoms with Gasteiger partial charge in [0.2, 0.25) is 0 Å². The zero-order chi connectivity index (χ0) is 30.9. The lowest BCUT2D eigenvalue weighted by atomic mass is 9.92. The van der Waals surface area contributed by atoms with Gasteiger partial charge in [0.05, 0.1) is 6.54 Å². The fourth-order valence-electron chi connectivity index (χ4n) is 6.39. The second-order valence-electron chi connectivity index (χ2n) is 12.0. The smallest absolute Gasteiger partial charge is 0.362 e. The van der Waals surface area contributed by atoms with Crippen LogP contribution in [-0.2, 0) is 14.4 Å². The summed E-state index contributed by atoms with van der Waals surface area (Å²) in [6.07, 6.45) is 25.2. The van der Waals surface area contributed by atoms with Gasteiger partial charge in [-0.25, -0.2) is 14.4 Å². The lowest BCUT2D eigenvalue weighted by molar-refractivity contribution is -0.968. The third-order valence-corrected chi connectivity index (χ3v) is 8.59. The first-order chi connectivity index (χ1) is 19.7. The molecule has 0 radical (unpaired) electrons. The number of carboxylic acids is 3. The predicted molar refractivity (Wildman–Crippen MR) is 168 cm³/mol. The van der Waals surface area contributed by atoms with E-state index in [2.05, 4.69) is 6.92 Å². The van der Waals surface area contributed by atoms with Crippen LogP contribution in [0.3, 0.4) is 0 Å². The molecule has 240 valence electrons. The summed E-state index contributed by atoms with van der Waals surface area (Å²) < 4.78 is -0.454. The zero-order valence-corrected chi connectivity index (χ0v) is 27.0. The fraction of sp³-hybridized carbons (Fsp3) is 0.853. The topological polar surface area (TPSA) is 112 Å². The molecular weight excluding hydrogens is 518 g/mol. The second kappa shape index (κ2) is 24.7. The van der Waals surface area contributed by atoms with Crippen LogP contribution in [0, 0.1) is 0 Å². The molecule has 0 aliphatic heterocycles. The molecule has 0 amide bonds. The highest BCUT2D eigenvalue weighted by atomic mass is 16.4. The normalized spacial score (nSPS) is 15.4. The maximum atomic E-state index is 12.6. The lowest BCUT2D eigenvalue weighted by Gasteiger charge is -2.49. The van der Waals surface area contributed by atoms with Crippen LogP contribution in [0.15, 0.2) is 12.2 Å². The van der Waals surface area contributed by atoms with Gasteiger partial charge >= 0.3 is 17.9 Å². The number of rotatable bonds is 29. The van der Waals surface area contributed by atoms with Crippen molar-refractivity contribution in [1.82, 2.24) is 0 Å². The van der Waals surface area contributed by atoms with Gasteiger partial charge in [0, 0.05) is 19.3 Å². The van der Waals surface area contributed by atoms with Gasteiger partial charge in [-0.05, 0) is 38.2 Å². The Balaban J connectivity index is 5.10. The first-order valence-electron chi connectivity index (χ1n) is 16.9. The summed E-state index contributed by atoms with van der Waals surface area (Å²) in [6, 6.07) is -3.27. The molecular formula is C34H64NO6+. The van der Waals surface area contributed by atoms with E-state index in [4.69, 9.17) is 0 Å². The van der Waals surface area contributed by atoms with Crippen molar-refractivity contribution < 1.29 is 34.2 Å². The van der Waals surface area contributed by atoms with Crippen molar-refractivity contribution in [1.29, 1.82) is 0 Å². The molecule has 0 fully saturated rings. The minimum Gasteiger partial charge on any atom is -0.477 e. The summed E-state index contributed by atoms with van der Waals surface area (Å²) in [5.41, 5.74) is 0. The number of carboxylic acid groups (broad SMARTS) is 3. The maximum Gasteiger partial charge on any atom is 0.362 e. The van der Waals surface area contributed by atoms with Gasteiger partial charge < -0.3 is 15.3 Å². The average molecular weight is 583 g/mol. The second-order valence-corrected chi connectivity index (χ2v) is 12.0. The Morgan fingerprint density at radius 2 is 0.805 bits per heavy atom. The summed E-state index contributed by atoms with van der Waals surface area (Å²) >= 11 is 0. The van der Waals surface area contributed by atoms with E-state index in [1.807, 2.05) is 32.9 Å². The van der Waals surface area contributed by atoms with Crippen molar-refractivity contribution in [2.45, 2.75) is 181 Å². The number of hydrogen-bond acceptors (Lipinski definition) is 3. The van der Waals surface area contributed by atoms with E-state index >= 15 is 0 Å². The van der Waals surface area contributed by atoms with Crippen molar-refractivity contribution >= 4 is 17.9 Å². The molecule has 3 unspecified atom stereocenters. The van der Waals surface area contributed by atoms with Crippen LogP contribution >= 0.6 is 0 Å². The van der Waals surface area contributed by atoms with Crippen LogP contribution in [0.25, 0.3) is 0 Å². The Kier molecular flexibility index (Phi) is 23.5. The molecule has 0 spiro atoms. The summed E-state index contributed by atoms with van der Waals surface area (Å²) in [5, 5.41) is 30.8. The van der Waals surface area contributed by atoms with Gasteiger partial charge in [-0.2, -0.15) is 0 Å². The largest absolute Gasteiger partial charge is 0.477 e. The first kappa shape index (κ1) is 39.1. The number of hydrogen-bond donors (Lipinski definition) is 3. The monoisotopic (exact) mass is 582 g/mol. The molecule has 3 N–H and O–H groups in total. The van der Waals surface area contributed by atoms with Crippen LogP contribution in [-0.4, -0.2) is 62.4 Å². The van der Waals surface area contributed by atoms with Crippen LogP contribution < -0.4 is 0 Å². The SMILES string of the molecule is CCCCCCCCCCCCCCCC/C=C/C[N+](C(CCC)C(=O)O)(C(CCC)C(=O)O)C(CCC)C(=O)O.